The zero-order valence-electron chi connectivity index (χ0n) is 9.90. The van der Waals surface area contributed by atoms with E-state index in [4.69, 9.17) is 11.6 Å². The lowest BCUT2D eigenvalue weighted by molar-refractivity contribution is 0.566. The van der Waals surface area contributed by atoms with Gasteiger partial charge in [-0.1, -0.05) is 0 Å². The fourth-order valence-electron chi connectivity index (χ4n) is 2.63. The summed E-state index contributed by atoms with van der Waals surface area (Å²) >= 11 is 7.61. The third-order valence-corrected chi connectivity index (χ3v) is 4.84. The van der Waals surface area contributed by atoms with Crippen molar-refractivity contribution >= 4 is 39.0 Å². The van der Waals surface area contributed by atoms with Crippen LogP contribution in [-0.4, -0.2) is 16.0 Å². The van der Waals surface area contributed by atoms with Crippen LogP contribution in [-0.2, 0) is 0 Å². The molecule has 1 N–H and O–H groups in total. The van der Waals surface area contributed by atoms with Crippen molar-refractivity contribution in [3.05, 3.63) is 16.7 Å². The van der Waals surface area contributed by atoms with E-state index in [0.29, 0.717) is 11.3 Å². The molecule has 2 heterocycles. The Labute approximate surface area is 115 Å². The minimum Gasteiger partial charge on any atom is -0.366 e. The van der Waals surface area contributed by atoms with Crippen molar-refractivity contribution in [3.8, 4) is 0 Å². The predicted octanol–water partition coefficient (Wildman–Crippen LogP) is 3.95. The summed E-state index contributed by atoms with van der Waals surface area (Å²) in [6.45, 7) is 0. The molecule has 2 aliphatic rings. The Morgan fingerprint density at radius 3 is 2.61 bits per heavy atom. The van der Waals surface area contributed by atoms with Crippen molar-refractivity contribution in [1.29, 1.82) is 0 Å². The number of aromatic nitrogens is 2. The smallest absolute Gasteiger partial charge is 0.225 e. The zero-order valence-corrected chi connectivity index (χ0v) is 11.5. The molecule has 2 aliphatic carbocycles. The van der Waals surface area contributed by atoms with E-state index in [2.05, 4.69) is 21.4 Å². The highest BCUT2D eigenvalue weighted by Crippen LogP contribution is 2.46. The van der Waals surface area contributed by atoms with Crippen LogP contribution in [0.2, 0.25) is 5.28 Å². The quantitative estimate of drug-likeness (QED) is 0.861. The molecule has 2 aromatic heterocycles. The first kappa shape index (κ1) is 11.0. The maximum atomic E-state index is 6.00. The molecular weight excluding hydrogens is 266 g/mol. The van der Waals surface area contributed by atoms with Crippen LogP contribution in [0.4, 0.5) is 5.82 Å². The monoisotopic (exact) mass is 279 g/mol. The minimum atomic E-state index is 0.345. The Balaban J connectivity index is 1.70. The molecule has 0 radical (unpaired) electrons. The van der Waals surface area contributed by atoms with Crippen molar-refractivity contribution in [2.75, 3.05) is 5.32 Å². The second-order valence-electron chi connectivity index (χ2n) is 5.33. The third kappa shape index (κ3) is 1.97. The molecule has 18 heavy (non-hydrogen) atoms. The van der Waals surface area contributed by atoms with Crippen LogP contribution in [0.1, 0.15) is 25.7 Å². The highest BCUT2D eigenvalue weighted by atomic mass is 35.5. The Kier molecular flexibility index (Phi) is 2.49. The molecular formula is C13H14ClN3S. The highest BCUT2D eigenvalue weighted by Gasteiger charge is 2.41. The molecule has 0 aliphatic heterocycles. The summed E-state index contributed by atoms with van der Waals surface area (Å²) in [7, 11) is 0. The van der Waals surface area contributed by atoms with Gasteiger partial charge in [0, 0.05) is 6.04 Å². The van der Waals surface area contributed by atoms with Crippen molar-refractivity contribution in [1.82, 2.24) is 9.97 Å². The summed E-state index contributed by atoms with van der Waals surface area (Å²) in [6.07, 6.45) is 5.44. The first-order chi connectivity index (χ1) is 8.81. The third-order valence-electron chi connectivity index (χ3n) is 3.86. The SMILES string of the molecule is Clc1nc(NC(C2CC2)C2CC2)c2ccsc2n1. The van der Waals surface area contributed by atoms with Crippen LogP contribution in [0.5, 0.6) is 0 Å². The van der Waals surface area contributed by atoms with E-state index in [-0.39, 0.29) is 0 Å². The first-order valence-corrected chi connectivity index (χ1v) is 7.74. The van der Waals surface area contributed by atoms with E-state index in [0.717, 1.165) is 27.9 Å². The molecule has 0 amide bonds. The lowest BCUT2D eigenvalue weighted by atomic mass is 10.1. The molecule has 2 fully saturated rings. The number of nitrogens with zero attached hydrogens (tertiary/aromatic N) is 2. The van der Waals surface area contributed by atoms with Gasteiger partial charge in [0.25, 0.3) is 0 Å². The normalized spacial score (nSPS) is 19.7. The van der Waals surface area contributed by atoms with Crippen LogP contribution in [0.3, 0.4) is 0 Å². The Morgan fingerprint density at radius 1 is 1.22 bits per heavy atom. The summed E-state index contributed by atoms with van der Waals surface area (Å²) in [5.41, 5.74) is 0. The summed E-state index contributed by atoms with van der Waals surface area (Å²) < 4.78 is 0. The Morgan fingerprint density at radius 2 is 1.94 bits per heavy atom. The molecule has 94 valence electrons. The second kappa shape index (κ2) is 4.07. The van der Waals surface area contributed by atoms with Crippen LogP contribution in [0.25, 0.3) is 10.2 Å². The maximum Gasteiger partial charge on any atom is 0.225 e. The van der Waals surface area contributed by atoms with Gasteiger partial charge < -0.3 is 5.32 Å². The summed E-state index contributed by atoms with van der Waals surface area (Å²) in [5.74, 6) is 2.62. The number of hydrogen-bond acceptors (Lipinski definition) is 4. The fourth-order valence-corrected chi connectivity index (χ4v) is 3.61. The summed E-state index contributed by atoms with van der Waals surface area (Å²) in [5, 5.41) is 7.14. The Hall–Kier alpha value is -0.870. The molecule has 3 nitrogen and oxygen atoms in total. The van der Waals surface area contributed by atoms with E-state index in [9.17, 15) is 0 Å². The van der Waals surface area contributed by atoms with Gasteiger partial charge in [-0.15, -0.1) is 11.3 Å². The average molecular weight is 280 g/mol. The molecule has 5 heteroatoms. The predicted molar refractivity (Wildman–Crippen MR) is 75.3 cm³/mol. The van der Waals surface area contributed by atoms with Crippen LogP contribution >= 0.6 is 22.9 Å². The number of hydrogen-bond donors (Lipinski definition) is 1. The number of thiophene rings is 1. The van der Waals surface area contributed by atoms with Crippen LogP contribution < -0.4 is 5.32 Å². The molecule has 0 saturated heterocycles. The van der Waals surface area contributed by atoms with E-state index >= 15 is 0 Å². The van der Waals surface area contributed by atoms with Gasteiger partial charge >= 0.3 is 0 Å². The zero-order chi connectivity index (χ0) is 12.1. The van der Waals surface area contributed by atoms with E-state index in [1.807, 2.05) is 5.38 Å². The average Bonchev–Trinajstić information content (AvgIpc) is 3.24. The van der Waals surface area contributed by atoms with Gasteiger partial charge in [-0.05, 0) is 60.6 Å². The number of halogens is 1. The van der Waals surface area contributed by atoms with Crippen molar-refractivity contribution in [2.24, 2.45) is 11.8 Å². The summed E-state index contributed by atoms with van der Waals surface area (Å²) in [4.78, 5) is 9.62. The molecule has 2 aromatic rings. The van der Waals surface area contributed by atoms with Crippen molar-refractivity contribution in [2.45, 2.75) is 31.7 Å². The van der Waals surface area contributed by atoms with Crippen molar-refractivity contribution < 1.29 is 0 Å². The van der Waals surface area contributed by atoms with Crippen LogP contribution in [0, 0.1) is 11.8 Å². The molecule has 0 bridgehead atoms. The first-order valence-electron chi connectivity index (χ1n) is 6.48. The molecule has 0 aromatic carbocycles. The van der Waals surface area contributed by atoms with E-state index in [1.165, 1.54) is 25.7 Å². The van der Waals surface area contributed by atoms with Crippen molar-refractivity contribution in [3.63, 3.8) is 0 Å². The number of nitrogens with one attached hydrogen (secondary N) is 1. The standard InChI is InChI=1S/C13H14ClN3S/c14-13-16-11(9-5-6-18-12(9)17-13)15-10(7-1-2-7)8-3-4-8/h5-8,10H,1-4H2,(H,15,16,17). The Bertz CT molecular complexity index is 577. The van der Waals surface area contributed by atoms with E-state index < -0.39 is 0 Å². The molecule has 0 spiro atoms. The lowest BCUT2D eigenvalue weighted by Gasteiger charge is -2.18. The maximum absolute atomic E-state index is 6.00. The number of rotatable bonds is 4. The van der Waals surface area contributed by atoms with E-state index in [1.54, 1.807) is 11.3 Å². The fraction of sp³-hybridized carbons (Fsp3) is 0.538. The summed E-state index contributed by atoms with van der Waals surface area (Å²) in [6, 6.07) is 2.68. The van der Waals surface area contributed by atoms with Gasteiger partial charge in [0.2, 0.25) is 5.28 Å². The topological polar surface area (TPSA) is 37.8 Å². The van der Waals surface area contributed by atoms with Gasteiger partial charge in [0.1, 0.15) is 10.6 Å². The number of fused-ring (bicyclic) bond motifs is 1. The van der Waals surface area contributed by atoms with Gasteiger partial charge in [-0.2, -0.15) is 0 Å². The largest absolute Gasteiger partial charge is 0.366 e. The van der Waals surface area contributed by atoms with Gasteiger partial charge in [0.15, 0.2) is 0 Å². The molecule has 0 atom stereocenters. The van der Waals surface area contributed by atoms with Crippen LogP contribution in [0.15, 0.2) is 11.4 Å². The lowest BCUT2D eigenvalue weighted by Crippen LogP contribution is -2.25. The van der Waals surface area contributed by atoms with Gasteiger partial charge in [-0.3, -0.25) is 0 Å². The molecule has 2 saturated carbocycles. The molecule has 4 rings (SSSR count). The number of anilines is 1. The molecule has 0 unspecified atom stereocenters. The second-order valence-corrected chi connectivity index (χ2v) is 6.56. The highest BCUT2D eigenvalue weighted by molar-refractivity contribution is 7.16. The minimum absolute atomic E-state index is 0.345. The van der Waals surface area contributed by atoms with Gasteiger partial charge in [0.05, 0.1) is 5.39 Å². The van der Waals surface area contributed by atoms with Gasteiger partial charge in [-0.25, -0.2) is 9.97 Å².